The zero-order valence-electron chi connectivity index (χ0n) is 11.0. The maximum absolute atomic E-state index is 11.9. The number of carbonyl (C=O) groups excluding carboxylic acids is 1. The fraction of sp³-hybridized carbons (Fsp3) is 0.533. The Kier molecular flexibility index (Phi) is 4.76. The summed E-state index contributed by atoms with van der Waals surface area (Å²) in [5, 5.41) is 1.49. The molecular weight excluding hydrogens is 226 g/mol. The lowest BCUT2D eigenvalue weighted by molar-refractivity contribution is -0.167. The van der Waals surface area contributed by atoms with Gasteiger partial charge in [0.25, 0.3) is 5.91 Å². The number of benzene rings is 1. The Bertz CT molecular complexity index is 380. The van der Waals surface area contributed by atoms with Crippen molar-refractivity contribution >= 4 is 5.91 Å². The van der Waals surface area contributed by atoms with Gasteiger partial charge < -0.3 is 0 Å². The second-order valence-corrected chi connectivity index (χ2v) is 4.78. The summed E-state index contributed by atoms with van der Waals surface area (Å²) in [6.45, 7) is 3.60. The van der Waals surface area contributed by atoms with Gasteiger partial charge in [-0.1, -0.05) is 37.6 Å². The molecule has 0 N–H and O–H groups in total. The van der Waals surface area contributed by atoms with Crippen molar-refractivity contribution in [2.24, 2.45) is 0 Å². The summed E-state index contributed by atoms with van der Waals surface area (Å²) in [6.07, 6.45) is 4.95. The van der Waals surface area contributed by atoms with Gasteiger partial charge in [-0.2, -0.15) is 0 Å². The SMILES string of the molecule is CCCCc1ccc(CC(=O)N2CCCO2)cc1. The number of unbranched alkanes of at least 4 members (excludes halogenated alkanes) is 1. The highest BCUT2D eigenvalue weighted by Crippen LogP contribution is 2.11. The van der Waals surface area contributed by atoms with E-state index >= 15 is 0 Å². The van der Waals surface area contributed by atoms with Crippen LogP contribution in [-0.4, -0.2) is 24.1 Å². The van der Waals surface area contributed by atoms with Crippen molar-refractivity contribution in [2.45, 2.75) is 39.0 Å². The molecule has 1 amide bonds. The third-order valence-corrected chi connectivity index (χ3v) is 3.23. The molecule has 0 atom stereocenters. The van der Waals surface area contributed by atoms with Crippen molar-refractivity contribution in [3.05, 3.63) is 35.4 Å². The molecule has 0 aromatic heterocycles. The quantitative estimate of drug-likeness (QED) is 0.800. The van der Waals surface area contributed by atoms with E-state index in [-0.39, 0.29) is 5.91 Å². The summed E-state index contributed by atoms with van der Waals surface area (Å²) in [6, 6.07) is 8.37. The molecule has 1 aliphatic heterocycles. The minimum absolute atomic E-state index is 0.0637. The molecule has 0 radical (unpaired) electrons. The first-order valence-corrected chi connectivity index (χ1v) is 6.80. The van der Waals surface area contributed by atoms with Crippen LogP contribution in [-0.2, 0) is 22.5 Å². The van der Waals surface area contributed by atoms with Crippen LogP contribution in [0.3, 0.4) is 0 Å². The Morgan fingerprint density at radius 1 is 1.28 bits per heavy atom. The van der Waals surface area contributed by atoms with Crippen LogP contribution in [0.15, 0.2) is 24.3 Å². The second kappa shape index (κ2) is 6.55. The Hall–Kier alpha value is -1.35. The van der Waals surface area contributed by atoms with Gasteiger partial charge in [0, 0.05) is 0 Å². The van der Waals surface area contributed by atoms with E-state index in [1.54, 1.807) is 0 Å². The third-order valence-electron chi connectivity index (χ3n) is 3.23. The van der Waals surface area contributed by atoms with Crippen molar-refractivity contribution < 1.29 is 9.63 Å². The highest BCUT2D eigenvalue weighted by atomic mass is 16.7. The van der Waals surface area contributed by atoms with E-state index in [0.29, 0.717) is 13.0 Å². The topological polar surface area (TPSA) is 29.5 Å². The molecule has 0 unspecified atom stereocenters. The number of hydroxylamine groups is 2. The van der Waals surface area contributed by atoms with Crippen LogP contribution >= 0.6 is 0 Å². The standard InChI is InChI=1S/C15H21NO2/c1-2-3-5-13-6-8-14(9-7-13)12-15(17)16-10-4-11-18-16/h6-9H,2-5,10-12H2,1H3. The van der Waals surface area contributed by atoms with Gasteiger partial charge >= 0.3 is 0 Å². The lowest BCUT2D eigenvalue weighted by atomic mass is 10.0. The third kappa shape index (κ3) is 3.57. The van der Waals surface area contributed by atoms with Gasteiger partial charge in [0.05, 0.1) is 19.6 Å². The van der Waals surface area contributed by atoms with Gasteiger partial charge in [-0.3, -0.25) is 9.63 Å². The number of nitrogens with zero attached hydrogens (tertiary/aromatic N) is 1. The zero-order valence-corrected chi connectivity index (χ0v) is 11.0. The molecule has 98 valence electrons. The van der Waals surface area contributed by atoms with Gasteiger partial charge in [0.2, 0.25) is 0 Å². The van der Waals surface area contributed by atoms with E-state index in [1.807, 2.05) is 0 Å². The Morgan fingerprint density at radius 3 is 2.61 bits per heavy atom. The molecule has 1 fully saturated rings. The number of carbonyl (C=O) groups is 1. The van der Waals surface area contributed by atoms with E-state index in [0.717, 1.165) is 24.9 Å². The number of hydrogen-bond donors (Lipinski definition) is 0. The Morgan fingerprint density at radius 2 is 2.00 bits per heavy atom. The normalized spacial score (nSPS) is 15.1. The number of amides is 1. The van der Waals surface area contributed by atoms with Crippen LogP contribution in [0.2, 0.25) is 0 Å². The van der Waals surface area contributed by atoms with Gasteiger partial charge in [-0.15, -0.1) is 0 Å². The average Bonchev–Trinajstić information content (AvgIpc) is 2.92. The van der Waals surface area contributed by atoms with Gasteiger partial charge in [0.1, 0.15) is 0 Å². The Balaban J connectivity index is 1.87. The molecule has 1 saturated heterocycles. The van der Waals surface area contributed by atoms with Crippen LogP contribution in [0.1, 0.15) is 37.3 Å². The molecule has 3 heteroatoms. The van der Waals surface area contributed by atoms with Crippen molar-refractivity contribution in [3.63, 3.8) is 0 Å². The van der Waals surface area contributed by atoms with Crippen LogP contribution in [0.4, 0.5) is 0 Å². The maximum atomic E-state index is 11.9. The predicted octanol–water partition coefficient (Wildman–Crippen LogP) is 2.74. The molecule has 0 saturated carbocycles. The highest BCUT2D eigenvalue weighted by molar-refractivity contribution is 5.77. The number of hydrogen-bond acceptors (Lipinski definition) is 2. The Labute approximate surface area is 109 Å². The summed E-state index contributed by atoms with van der Waals surface area (Å²) >= 11 is 0. The monoisotopic (exact) mass is 247 g/mol. The second-order valence-electron chi connectivity index (χ2n) is 4.78. The molecular formula is C15H21NO2. The largest absolute Gasteiger partial charge is 0.272 e. The zero-order chi connectivity index (χ0) is 12.8. The summed E-state index contributed by atoms with van der Waals surface area (Å²) in [4.78, 5) is 17.1. The van der Waals surface area contributed by atoms with Crippen LogP contribution in [0.25, 0.3) is 0 Å². The van der Waals surface area contributed by atoms with Crippen LogP contribution in [0, 0.1) is 0 Å². The molecule has 1 aromatic carbocycles. The molecule has 0 spiro atoms. The molecule has 1 aliphatic rings. The summed E-state index contributed by atoms with van der Waals surface area (Å²) in [5.74, 6) is 0.0637. The fourth-order valence-electron chi connectivity index (χ4n) is 2.11. The predicted molar refractivity (Wildman–Crippen MR) is 71.0 cm³/mol. The van der Waals surface area contributed by atoms with Crippen molar-refractivity contribution in [3.8, 4) is 0 Å². The fourth-order valence-corrected chi connectivity index (χ4v) is 2.11. The van der Waals surface area contributed by atoms with E-state index in [4.69, 9.17) is 4.84 Å². The van der Waals surface area contributed by atoms with Crippen molar-refractivity contribution in [1.82, 2.24) is 5.06 Å². The van der Waals surface area contributed by atoms with Crippen LogP contribution in [0.5, 0.6) is 0 Å². The van der Waals surface area contributed by atoms with E-state index < -0.39 is 0 Å². The first-order chi connectivity index (χ1) is 8.79. The molecule has 0 bridgehead atoms. The number of rotatable bonds is 5. The highest BCUT2D eigenvalue weighted by Gasteiger charge is 2.19. The summed E-state index contributed by atoms with van der Waals surface area (Å²) in [7, 11) is 0. The van der Waals surface area contributed by atoms with E-state index in [2.05, 4.69) is 31.2 Å². The van der Waals surface area contributed by atoms with Gasteiger partial charge in [-0.25, -0.2) is 5.06 Å². The minimum Gasteiger partial charge on any atom is -0.272 e. The first-order valence-electron chi connectivity index (χ1n) is 6.80. The molecule has 1 aromatic rings. The average molecular weight is 247 g/mol. The molecule has 3 nitrogen and oxygen atoms in total. The molecule has 2 rings (SSSR count). The first kappa shape index (κ1) is 13.1. The van der Waals surface area contributed by atoms with Crippen molar-refractivity contribution in [1.29, 1.82) is 0 Å². The maximum Gasteiger partial charge on any atom is 0.250 e. The summed E-state index contributed by atoms with van der Waals surface area (Å²) < 4.78 is 0. The summed E-state index contributed by atoms with van der Waals surface area (Å²) in [5.41, 5.74) is 2.42. The smallest absolute Gasteiger partial charge is 0.250 e. The molecule has 0 aliphatic carbocycles. The minimum atomic E-state index is 0.0637. The van der Waals surface area contributed by atoms with Gasteiger partial charge in [-0.05, 0) is 30.4 Å². The molecule has 1 heterocycles. The van der Waals surface area contributed by atoms with Crippen molar-refractivity contribution in [2.75, 3.05) is 13.2 Å². The molecule has 18 heavy (non-hydrogen) atoms. The lowest BCUT2D eigenvalue weighted by Gasteiger charge is -2.13. The van der Waals surface area contributed by atoms with E-state index in [1.165, 1.54) is 23.5 Å². The van der Waals surface area contributed by atoms with Crippen LogP contribution < -0.4 is 0 Å². The van der Waals surface area contributed by atoms with E-state index in [9.17, 15) is 4.79 Å². The van der Waals surface area contributed by atoms with Gasteiger partial charge in [0.15, 0.2) is 0 Å². The number of aryl methyl sites for hydroxylation is 1. The lowest BCUT2D eigenvalue weighted by Crippen LogP contribution is -2.27.